The number of carbonyl (C=O) groups is 2. The summed E-state index contributed by atoms with van der Waals surface area (Å²) in [5.41, 5.74) is -0.678. The van der Waals surface area contributed by atoms with E-state index in [2.05, 4.69) is 36.8 Å². The average molecular weight is 567 g/mol. The van der Waals surface area contributed by atoms with Gasteiger partial charge in [0.25, 0.3) is 0 Å². The molecule has 0 aromatic rings. The molecule has 0 aromatic heterocycles. The number of hydrogen-bond donors (Lipinski definition) is 1. The molecule has 7 aliphatic rings. The first-order valence-corrected chi connectivity index (χ1v) is 16.6. The van der Waals surface area contributed by atoms with Gasteiger partial charge in [-0.1, -0.05) is 44.8 Å². The Labute approximate surface area is 245 Å². The van der Waals surface area contributed by atoms with E-state index in [9.17, 15) is 14.7 Å². The molecule has 0 aromatic carbocycles. The Morgan fingerprint density at radius 1 is 1.05 bits per heavy atom. The third-order valence-corrected chi connectivity index (χ3v) is 12.9. The monoisotopic (exact) mass is 566 g/mol. The SMILES string of the molecule is CN1CCN(CC(=O)[C@@]23O[C@H](C4CCCCC4)O[C@@H]2CC[C@H]2[C@@H]4CCC5=CC(=O)C=C[C@]5(C)[C@H]4[C@@H](O)C[C@@]23C)CC1. The van der Waals surface area contributed by atoms with Gasteiger partial charge >= 0.3 is 0 Å². The van der Waals surface area contributed by atoms with Crippen molar-refractivity contribution >= 4 is 11.6 Å². The van der Waals surface area contributed by atoms with Crippen LogP contribution in [0.15, 0.2) is 23.8 Å². The van der Waals surface area contributed by atoms with Gasteiger partial charge in [0.1, 0.15) is 0 Å². The Morgan fingerprint density at radius 3 is 2.56 bits per heavy atom. The molecule has 9 atom stereocenters. The third-order valence-electron chi connectivity index (χ3n) is 12.9. The van der Waals surface area contributed by atoms with E-state index in [1.807, 2.05) is 6.08 Å². The number of aliphatic hydroxyl groups excluding tert-OH is 1. The number of nitrogens with zero attached hydrogens (tertiary/aromatic N) is 2. The lowest BCUT2D eigenvalue weighted by molar-refractivity contribution is -0.228. The molecule has 6 fully saturated rings. The number of hydrogen-bond acceptors (Lipinski definition) is 7. The molecule has 2 heterocycles. The quantitative estimate of drug-likeness (QED) is 0.548. The molecule has 5 aliphatic carbocycles. The van der Waals surface area contributed by atoms with Crippen LogP contribution in [0.2, 0.25) is 0 Å². The number of carbonyl (C=O) groups excluding carboxylic acids is 2. The topological polar surface area (TPSA) is 79.3 Å². The number of allylic oxidation sites excluding steroid dienone is 4. The average Bonchev–Trinajstić information content (AvgIpc) is 3.37. The summed E-state index contributed by atoms with van der Waals surface area (Å²) < 4.78 is 14.0. The van der Waals surface area contributed by atoms with Crippen molar-refractivity contribution in [2.75, 3.05) is 39.8 Å². The van der Waals surface area contributed by atoms with Crippen LogP contribution in [0.4, 0.5) is 0 Å². The molecule has 1 N–H and O–H groups in total. The lowest BCUT2D eigenvalue weighted by Crippen LogP contribution is -2.71. The van der Waals surface area contributed by atoms with Crippen molar-refractivity contribution in [1.29, 1.82) is 0 Å². The van der Waals surface area contributed by atoms with Gasteiger partial charge in [-0.15, -0.1) is 0 Å². The fourth-order valence-electron chi connectivity index (χ4n) is 10.8. The second kappa shape index (κ2) is 10.4. The molecule has 226 valence electrons. The van der Waals surface area contributed by atoms with E-state index in [0.717, 1.165) is 64.7 Å². The molecule has 0 unspecified atom stereocenters. The highest BCUT2D eigenvalue weighted by Crippen LogP contribution is 2.68. The normalized spacial score (nSPS) is 47.2. The van der Waals surface area contributed by atoms with Crippen LogP contribution >= 0.6 is 0 Å². The number of aliphatic hydroxyl groups is 1. The minimum absolute atomic E-state index is 0.0442. The van der Waals surface area contributed by atoms with Crippen molar-refractivity contribution in [3.8, 4) is 0 Å². The molecule has 0 amide bonds. The maximum absolute atomic E-state index is 14.8. The van der Waals surface area contributed by atoms with Gasteiger partial charge in [-0.05, 0) is 76.0 Å². The number of ether oxygens (including phenoxy) is 2. The van der Waals surface area contributed by atoms with Crippen LogP contribution in [0.5, 0.6) is 0 Å². The number of Topliss-reactive ketones (excluding diaryl/α,β-unsaturated/α-hetero) is 1. The first-order valence-electron chi connectivity index (χ1n) is 16.6. The lowest BCUT2D eigenvalue weighted by Gasteiger charge is -2.65. The second-order valence-corrected chi connectivity index (χ2v) is 15.0. The summed E-state index contributed by atoms with van der Waals surface area (Å²) in [5.74, 6) is 1.16. The predicted molar refractivity (Wildman–Crippen MR) is 156 cm³/mol. The van der Waals surface area contributed by atoms with Crippen LogP contribution in [0.25, 0.3) is 0 Å². The largest absolute Gasteiger partial charge is 0.393 e. The summed E-state index contributed by atoms with van der Waals surface area (Å²) in [7, 11) is 2.14. The minimum Gasteiger partial charge on any atom is -0.393 e. The Bertz CT molecular complexity index is 1120. The molecule has 0 bridgehead atoms. The summed E-state index contributed by atoms with van der Waals surface area (Å²) in [6, 6.07) is 0. The Balaban J connectivity index is 1.25. The molecule has 7 heteroatoms. The molecule has 0 radical (unpaired) electrons. The zero-order valence-corrected chi connectivity index (χ0v) is 25.4. The van der Waals surface area contributed by atoms with Crippen molar-refractivity contribution in [3.63, 3.8) is 0 Å². The summed E-state index contributed by atoms with van der Waals surface area (Å²) in [5, 5.41) is 12.1. The van der Waals surface area contributed by atoms with E-state index in [4.69, 9.17) is 9.47 Å². The molecule has 0 spiro atoms. The third kappa shape index (κ3) is 4.31. The van der Waals surface area contributed by atoms with Crippen molar-refractivity contribution in [1.82, 2.24) is 9.80 Å². The zero-order valence-electron chi connectivity index (χ0n) is 25.4. The van der Waals surface area contributed by atoms with Gasteiger partial charge in [0.2, 0.25) is 0 Å². The number of ketones is 2. The predicted octanol–water partition coefficient (Wildman–Crippen LogP) is 4.14. The number of fused-ring (bicyclic) bond motifs is 7. The molecule has 7 rings (SSSR count). The highest BCUT2D eigenvalue weighted by molar-refractivity contribution is 6.01. The van der Waals surface area contributed by atoms with Crippen molar-refractivity contribution in [2.24, 2.45) is 34.5 Å². The summed E-state index contributed by atoms with van der Waals surface area (Å²) >= 11 is 0. The van der Waals surface area contributed by atoms with Gasteiger partial charge < -0.3 is 19.5 Å². The van der Waals surface area contributed by atoms with Crippen LogP contribution in [-0.4, -0.2) is 90.3 Å². The lowest BCUT2D eigenvalue weighted by atomic mass is 9.41. The van der Waals surface area contributed by atoms with E-state index in [1.165, 1.54) is 24.8 Å². The van der Waals surface area contributed by atoms with Gasteiger partial charge in [0, 0.05) is 48.8 Å². The van der Waals surface area contributed by atoms with Crippen LogP contribution in [0, 0.1) is 34.5 Å². The molecule has 41 heavy (non-hydrogen) atoms. The molecular formula is C34H50N2O5. The van der Waals surface area contributed by atoms with Crippen LogP contribution in [0.3, 0.4) is 0 Å². The molecule has 7 nitrogen and oxygen atoms in total. The van der Waals surface area contributed by atoms with Crippen molar-refractivity contribution in [2.45, 2.75) is 102 Å². The fourth-order valence-corrected chi connectivity index (χ4v) is 10.8. The van der Waals surface area contributed by atoms with Crippen LogP contribution in [-0.2, 0) is 19.1 Å². The number of likely N-dealkylation sites (N-methyl/N-ethyl adjacent to an activating group) is 1. The summed E-state index contributed by atoms with van der Waals surface area (Å²) in [4.78, 5) is 31.7. The first-order chi connectivity index (χ1) is 19.7. The highest BCUT2D eigenvalue weighted by atomic mass is 16.7. The van der Waals surface area contributed by atoms with Crippen molar-refractivity contribution in [3.05, 3.63) is 23.8 Å². The molecule has 4 saturated carbocycles. The van der Waals surface area contributed by atoms with Gasteiger partial charge in [-0.25, -0.2) is 0 Å². The Hall–Kier alpha value is -1.38. The van der Waals surface area contributed by atoms with E-state index in [0.29, 0.717) is 18.9 Å². The van der Waals surface area contributed by atoms with Crippen molar-refractivity contribution < 1.29 is 24.2 Å². The first kappa shape index (κ1) is 28.4. The minimum atomic E-state index is -1.03. The standard InChI is InChI=1S/C34H50N2O5/c1-32-14-13-24(37)19-23(32)9-10-25-26-11-12-29-34(33(26,2)20-27(38)30(25)32,28(39)21-36-17-15-35(3)16-18-36)41-31(40-29)22-7-5-4-6-8-22/h13-14,19,22,25-27,29-31,38H,4-12,15-18,20-21H2,1-3H3/t25-,26-,27-,29+,30+,31+,32-,33-,34+/m0/s1. The van der Waals surface area contributed by atoms with E-state index in [1.54, 1.807) is 6.08 Å². The summed E-state index contributed by atoms with van der Waals surface area (Å²) in [6.45, 7) is 8.61. The number of piperazine rings is 1. The highest BCUT2D eigenvalue weighted by Gasteiger charge is 2.73. The van der Waals surface area contributed by atoms with E-state index >= 15 is 0 Å². The van der Waals surface area contributed by atoms with E-state index in [-0.39, 0.29) is 47.1 Å². The molecule has 2 aliphatic heterocycles. The molecular weight excluding hydrogens is 516 g/mol. The summed E-state index contributed by atoms with van der Waals surface area (Å²) in [6.07, 6.45) is 14.5. The van der Waals surface area contributed by atoms with Gasteiger partial charge in [-0.2, -0.15) is 0 Å². The molecule has 2 saturated heterocycles. The number of rotatable bonds is 4. The maximum atomic E-state index is 14.8. The van der Waals surface area contributed by atoms with Gasteiger partial charge in [0.05, 0.1) is 18.8 Å². The maximum Gasteiger partial charge on any atom is 0.181 e. The second-order valence-electron chi connectivity index (χ2n) is 15.0. The van der Waals surface area contributed by atoms with Crippen LogP contribution < -0.4 is 0 Å². The smallest absolute Gasteiger partial charge is 0.181 e. The fraction of sp³-hybridized carbons (Fsp3) is 0.824. The van der Waals surface area contributed by atoms with Gasteiger partial charge in [0.15, 0.2) is 23.5 Å². The zero-order chi connectivity index (χ0) is 28.6. The van der Waals surface area contributed by atoms with Gasteiger partial charge in [-0.3, -0.25) is 14.5 Å². The van der Waals surface area contributed by atoms with Crippen LogP contribution in [0.1, 0.15) is 78.1 Å². The Kier molecular flexibility index (Phi) is 7.18. The Morgan fingerprint density at radius 2 is 1.80 bits per heavy atom. The van der Waals surface area contributed by atoms with E-state index < -0.39 is 17.1 Å².